The summed E-state index contributed by atoms with van der Waals surface area (Å²) in [5.41, 5.74) is 0.585. The fourth-order valence-corrected chi connectivity index (χ4v) is 1.50. The summed E-state index contributed by atoms with van der Waals surface area (Å²) >= 11 is 0. The number of hydrogen-bond donors (Lipinski definition) is 1. The molecule has 0 atom stereocenters. The Morgan fingerprint density at radius 3 is 2.67 bits per heavy atom. The minimum Gasteiger partial charge on any atom is -0.387 e. The van der Waals surface area contributed by atoms with Crippen LogP contribution in [-0.4, -0.2) is 42.1 Å². The van der Waals surface area contributed by atoms with Crippen LogP contribution in [0.4, 0.5) is 18.9 Å². The number of alkyl halides is 3. The van der Waals surface area contributed by atoms with Gasteiger partial charge in [-0.25, -0.2) is 0 Å². The van der Waals surface area contributed by atoms with Crippen molar-refractivity contribution in [2.24, 2.45) is 0 Å². The lowest BCUT2D eigenvalue weighted by Crippen LogP contribution is -2.39. The van der Waals surface area contributed by atoms with Crippen LogP contribution in [0, 0.1) is 0 Å². The second-order valence-electron chi connectivity index (χ2n) is 3.61. The lowest BCUT2D eigenvalue weighted by molar-refractivity contribution is -0.140. The summed E-state index contributed by atoms with van der Waals surface area (Å²) in [6.45, 7) is 0.218. The van der Waals surface area contributed by atoms with E-state index in [0.29, 0.717) is 5.69 Å². The van der Waals surface area contributed by atoms with E-state index >= 15 is 0 Å². The van der Waals surface area contributed by atoms with Crippen molar-refractivity contribution in [3.8, 4) is 0 Å². The van der Waals surface area contributed by atoms with Gasteiger partial charge in [-0.15, -0.1) is 0 Å². The summed E-state index contributed by atoms with van der Waals surface area (Å²) in [5.74, 6) is -0.688. The van der Waals surface area contributed by atoms with Crippen LogP contribution in [0.15, 0.2) is 18.5 Å². The van der Waals surface area contributed by atoms with E-state index in [9.17, 15) is 18.0 Å². The molecule has 1 aromatic heterocycles. The Hall–Kier alpha value is -1.79. The number of pyridine rings is 1. The molecule has 0 aliphatic heterocycles. The minimum atomic E-state index is -4.41. The number of anilines is 1. The number of rotatable bonds is 4. The Balaban J connectivity index is 2.97. The predicted molar refractivity (Wildman–Crippen MR) is 61.4 cm³/mol. The molecule has 0 bridgehead atoms. The van der Waals surface area contributed by atoms with Gasteiger partial charge in [-0.3, -0.25) is 9.78 Å². The van der Waals surface area contributed by atoms with Crippen molar-refractivity contribution in [1.82, 2.24) is 9.88 Å². The molecule has 0 aliphatic carbocycles. The number of carbonyl (C=O) groups is 1. The molecule has 18 heavy (non-hydrogen) atoms. The summed E-state index contributed by atoms with van der Waals surface area (Å²) in [7, 11) is 1.59. The highest BCUT2D eigenvalue weighted by Crippen LogP contribution is 2.20. The number of nitrogens with one attached hydrogen (secondary N) is 1. The van der Waals surface area contributed by atoms with Crippen LogP contribution in [-0.2, 0) is 0 Å². The fraction of sp³-hybridized carbons (Fsp3) is 0.455. The normalized spacial score (nSPS) is 11.2. The van der Waals surface area contributed by atoms with Crippen molar-refractivity contribution < 1.29 is 18.0 Å². The van der Waals surface area contributed by atoms with Gasteiger partial charge in [-0.05, 0) is 13.0 Å². The molecule has 0 unspecified atom stereocenters. The fourth-order valence-electron chi connectivity index (χ4n) is 1.50. The van der Waals surface area contributed by atoms with Crippen molar-refractivity contribution in [3.05, 3.63) is 24.0 Å². The number of halogens is 3. The molecule has 1 rings (SSSR count). The predicted octanol–water partition coefficient (Wildman–Crippen LogP) is 2.15. The molecule has 1 amide bonds. The molecule has 1 aromatic rings. The van der Waals surface area contributed by atoms with Crippen molar-refractivity contribution in [2.75, 3.05) is 25.5 Å². The first kappa shape index (κ1) is 14.3. The third kappa shape index (κ3) is 3.61. The van der Waals surface area contributed by atoms with Crippen molar-refractivity contribution in [3.63, 3.8) is 0 Å². The smallest absolute Gasteiger partial charge is 0.387 e. The molecule has 1 N–H and O–H groups in total. The lowest BCUT2D eigenvalue weighted by atomic mass is 10.2. The number of hydrogen-bond acceptors (Lipinski definition) is 3. The second kappa shape index (κ2) is 5.70. The van der Waals surface area contributed by atoms with E-state index in [1.165, 1.54) is 25.4 Å². The molecular formula is C11H14F3N3O. The standard InChI is InChI=1S/C11H14F3N3O/c1-3-17(7-11(12,13)14)10(18)8-6-16-5-4-9(8)15-2/h4-6H,3,7H2,1-2H3,(H,15,16). The Morgan fingerprint density at radius 2 is 2.17 bits per heavy atom. The highest BCUT2D eigenvalue weighted by molar-refractivity contribution is 5.99. The van der Waals surface area contributed by atoms with Crippen molar-refractivity contribution in [2.45, 2.75) is 13.1 Å². The van der Waals surface area contributed by atoms with Crippen LogP contribution in [0.1, 0.15) is 17.3 Å². The number of aromatic nitrogens is 1. The zero-order chi connectivity index (χ0) is 13.8. The maximum atomic E-state index is 12.3. The van der Waals surface area contributed by atoms with E-state index in [1.807, 2.05) is 0 Å². The zero-order valence-electron chi connectivity index (χ0n) is 10.1. The zero-order valence-corrected chi connectivity index (χ0v) is 10.1. The third-order valence-electron chi connectivity index (χ3n) is 2.36. The quantitative estimate of drug-likeness (QED) is 0.903. The molecule has 1 heterocycles. The van der Waals surface area contributed by atoms with Crippen LogP contribution < -0.4 is 5.32 Å². The van der Waals surface area contributed by atoms with Gasteiger partial charge in [0.05, 0.1) is 5.56 Å². The molecule has 0 saturated heterocycles. The van der Waals surface area contributed by atoms with E-state index in [2.05, 4.69) is 10.3 Å². The van der Waals surface area contributed by atoms with Crippen LogP contribution >= 0.6 is 0 Å². The summed E-state index contributed by atoms with van der Waals surface area (Å²) in [5, 5.41) is 2.75. The first-order valence-corrected chi connectivity index (χ1v) is 5.36. The molecule has 4 nitrogen and oxygen atoms in total. The SMILES string of the molecule is CCN(CC(F)(F)F)C(=O)c1cnccc1NC. The Morgan fingerprint density at radius 1 is 1.50 bits per heavy atom. The molecule has 0 radical (unpaired) electrons. The molecule has 0 aromatic carbocycles. The van der Waals surface area contributed by atoms with Crippen LogP contribution in [0.3, 0.4) is 0 Å². The average molecular weight is 261 g/mol. The molecule has 0 saturated carbocycles. The van der Waals surface area contributed by atoms with E-state index < -0.39 is 18.6 Å². The highest BCUT2D eigenvalue weighted by Gasteiger charge is 2.33. The van der Waals surface area contributed by atoms with Gasteiger partial charge in [0.1, 0.15) is 6.54 Å². The summed E-state index contributed by atoms with van der Waals surface area (Å²) < 4.78 is 37.0. The number of amides is 1. The molecule has 7 heteroatoms. The van der Waals surface area contributed by atoms with E-state index in [-0.39, 0.29) is 12.1 Å². The van der Waals surface area contributed by atoms with Gasteiger partial charge in [0, 0.05) is 31.7 Å². The maximum absolute atomic E-state index is 12.3. The molecular weight excluding hydrogens is 247 g/mol. The maximum Gasteiger partial charge on any atom is 0.406 e. The Labute approximate surface area is 103 Å². The summed E-state index contributed by atoms with van der Waals surface area (Å²) in [6, 6.07) is 1.54. The van der Waals surface area contributed by atoms with Gasteiger partial charge in [0.2, 0.25) is 0 Å². The van der Waals surface area contributed by atoms with Crippen molar-refractivity contribution >= 4 is 11.6 Å². The van der Waals surface area contributed by atoms with Crippen LogP contribution in [0.5, 0.6) is 0 Å². The van der Waals surface area contributed by atoms with Crippen LogP contribution in [0.2, 0.25) is 0 Å². The Kier molecular flexibility index (Phi) is 4.52. The van der Waals surface area contributed by atoms with Crippen LogP contribution in [0.25, 0.3) is 0 Å². The van der Waals surface area contributed by atoms with E-state index in [4.69, 9.17) is 0 Å². The Bertz CT molecular complexity index is 420. The van der Waals surface area contributed by atoms with Gasteiger partial charge in [-0.1, -0.05) is 0 Å². The monoisotopic (exact) mass is 261 g/mol. The summed E-state index contributed by atoms with van der Waals surface area (Å²) in [6.07, 6.45) is -1.69. The average Bonchev–Trinajstić information content (AvgIpc) is 2.34. The van der Waals surface area contributed by atoms with Gasteiger partial charge in [0.25, 0.3) is 5.91 Å². The third-order valence-corrected chi connectivity index (χ3v) is 2.36. The molecule has 0 fully saturated rings. The van der Waals surface area contributed by atoms with Gasteiger partial charge in [0.15, 0.2) is 0 Å². The summed E-state index contributed by atoms with van der Waals surface area (Å²) in [4.78, 5) is 16.5. The van der Waals surface area contributed by atoms with Crippen molar-refractivity contribution in [1.29, 1.82) is 0 Å². The molecule has 0 aliphatic rings. The number of carbonyl (C=O) groups excluding carboxylic acids is 1. The van der Waals surface area contributed by atoms with Gasteiger partial charge >= 0.3 is 6.18 Å². The first-order valence-electron chi connectivity index (χ1n) is 5.36. The molecule has 100 valence electrons. The van der Waals surface area contributed by atoms with E-state index in [0.717, 1.165) is 4.90 Å². The minimum absolute atomic E-state index is 0.0175. The topological polar surface area (TPSA) is 45.2 Å². The second-order valence-corrected chi connectivity index (χ2v) is 3.61. The van der Waals surface area contributed by atoms with Gasteiger partial charge < -0.3 is 10.2 Å². The largest absolute Gasteiger partial charge is 0.406 e. The van der Waals surface area contributed by atoms with E-state index in [1.54, 1.807) is 7.05 Å². The van der Waals surface area contributed by atoms with Gasteiger partial charge in [-0.2, -0.15) is 13.2 Å². The lowest BCUT2D eigenvalue weighted by Gasteiger charge is -2.23. The molecule has 0 spiro atoms. The number of nitrogens with zero attached hydrogens (tertiary/aromatic N) is 2. The first-order chi connectivity index (χ1) is 8.39. The highest BCUT2D eigenvalue weighted by atomic mass is 19.4.